The highest BCUT2D eigenvalue weighted by atomic mass is 19.4. The fraction of sp³-hybridized carbons (Fsp3) is 0.520. The van der Waals surface area contributed by atoms with Gasteiger partial charge in [0.25, 0.3) is 5.56 Å². The van der Waals surface area contributed by atoms with E-state index in [1.807, 2.05) is 0 Å². The van der Waals surface area contributed by atoms with Gasteiger partial charge < -0.3 is 10.6 Å². The SMILES string of the molecule is Cc1nc2nc(C3CCOC(c4ccc(=O)n(N)c4)C3)nc(C34CC(C(F)(F)F)(C3)C4)c2cc1C(F)(F)F. The third-order valence-corrected chi connectivity index (χ3v) is 8.32. The quantitative estimate of drug-likeness (QED) is 0.378. The van der Waals surface area contributed by atoms with E-state index < -0.39 is 40.4 Å². The Morgan fingerprint density at radius 2 is 1.79 bits per heavy atom. The van der Waals surface area contributed by atoms with E-state index in [-0.39, 0.29) is 47.6 Å². The molecule has 13 heteroatoms. The van der Waals surface area contributed by atoms with Crippen LogP contribution in [0.2, 0.25) is 0 Å². The van der Waals surface area contributed by atoms with Crippen LogP contribution in [0.25, 0.3) is 11.0 Å². The molecule has 0 spiro atoms. The topological polar surface area (TPSA) is 95.9 Å². The summed E-state index contributed by atoms with van der Waals surface area (Å²) in [4.78, 5) is 25.0. The van der Waals surface area contributed by atoms with E-state index in [1.54, 1.807) is 6.07 Å². The number of nitrogens with zero attached hydrogens (tertiary/aromatic N) is 4. The highest BCUT2D eigenvalue weighted by Gasteiger charge is 2.79. The van der Waals surface area contributed by atoms with Crippen LogP contribution in [0.15, 0.2) is 29.2 Å². The summed E-state index contributed by atoms with van der Waals surface area (Å²) < 4.78 is 88.6. The van der Waals surface area contributed by atoms with Gasteiger partial charge in [-0.2, -0.15) is 26.3 Å². The van der Waals surface area contributed by atoms with Crippen LogP contribution in [0.5, 0.6) is 0 Å². The maximum absolute atomic E-state index is 13.7. The Kier molecular flexibility index (Phi) is 5.21. The van der Waals surface area contributed by atoms with E-state index in [9.17, 15) is 31.1 Å². The summed E-state index contributed by atoms with van der Waals surface area (Å²) in [7, 11) is 0. The Balaban J connectivity index is 1.42. The lowest BCUT2D eigenvalue weighted by molar-refractivity contribution is -0.337. The molecule has 2 unspecified atom stereocenters. The molecule has 3 aromatic rings. The lowest BCUT2D eigenvalue weighted by Crippen LogP contribution is -2.70. The Hall–Kier alpha value is -3.22. The van der Waals surface area contributed by atoms with Gasteiger partial charge in [-0.05, 0) is 56.7 Å². The van der Waals surface area contributed by atoms with Crippen LogP contribution >= 0.6 is 0 Å². The molecule has 1 aliphatic heterocycles. The average Bonchev–Trinajstić information content (AvgIpc) is 2.77. The average molecular weight is 539 g/mol. The number of fused-ring (bicyclic) bond motifs is 1. The third-order valence-electron chi connectivity index (χ3n) is 8.32. The van der Waals surface area contributed by atoms with Gasteiger partial charge >= 0.3 is 12.4 Å². The molecule has 0 amide bonds. The van der Waals surface area contributed by atoms with Crippen LogP contribution in [0.1, 0.15) is 72.5 Å². The fourth-order valence-corrected chi connectivity index (χ4v) is 6.35. The van der Waals surface area contributed by atoms with Gasteiger partial charge in [-0.1, -0.05) is 0 Å². The van der Waals surface area contributed by atoms with Gasteiger partial charge in [0.1, 0.15) is 5.82 Å². The Morgan fingerprint density at radius 1 is 1.08 bits per heavy atom. The smallest absolute Gasteiger partial charge is 0.373 e. The van der Waals surface area contributed by atoms with Gasteiger partial charge in [-0.15, -0.1) is 0 Å². The normalized spacial score (nSPS) is 29.1. The van der Waals surface area contributed by atoms with Crippen molar-refractivity contribution in [1.82, 2.24) is 19.6 Å². The molecule has 4 aliphatic rings. The second-order valence-corrected chi connectivity index (χ2v) is 10.8. The number of ether oxygens (including phenoxy) is 1. The van der Waals surface area contributed by atoms with Crippen LogP contribution in [0, 0.1) is 12.3 Å². The van der Waals surface area contributed by atoms with Crippen molar-refractivity contribution >= 4 is 11.0 Å². The van der Waals surface area contributed by atoms with Gasteiger partial charge in [0.05, 0.1) is 28.5 Å². The summed E-state index contributed by atoms with van der Waals surface area (Å²) in [6, 6.07) is 3.85. The minimum Gasteiger partial charge on any atom is -0.373 e. The molecule has 7 nitrogen and oxygen atoms in total. The minimum atomic E-state index is -4.68. The molecule has 2 N–H and O–H groups in total. The lowest BCUT2D eigenvalue weighted by Gasteiger charge is -2.70. The summed E-state index contributed by atoms with van der Waals surface area (Å²) in [5.41, 5.74) is -3.45. The number of nitrogen functional groups attached to an aromatic ring is 1. The van der Waals surface area contributed by atoms with Crippen LogP contribution in [0.4, 0.5) is 26.3 Å². The molecular formula is C25H23F6N5O2. The number of aromatic nitrogens is 4. The Bertz CT molecular complexity index is 1500. The molecule has 1 saturated heterocycles. The van der Waals surface area contributed by atoms with Gasteiger partial charge in [0.2, 0.25) is 0 Å². The predicted molar refractivity (Wildman–Crippen MR) is 123 cm³/mol. The first-order valence-electron chi connectivity index (χ1n) is 12.1. The third kappa shape index (κ3) is 3.69. The van der Waals surface area contributed by atoms with Crippen molar-refractivity contribution in [1.29, 1.82) is 0 Å². The molecule has 3 aliphatic carbocycles. The highest BCUT2D eigenvalue weighted by Crippen LogP contribution is 2.78. The maximum Gasteiger partial charge on any atom is 0.418 e. The summed E-state index contributed by atoms with van der Waals surface area (Å²) in [5.74, 6) is 5.71. The van der Waals surface area contributed by atoms with Gasteiger partial charge in [-0.25, -0.2) is 19.6 Å². The number of halogens is 6. The van der Waals surface area contributed by atoms with Gasteiger partial charge in [0, 0.05) is 35.6 Å². The molecule has 3 aromatic heterocycles. The largest absolute Gasteiger partial charge is 0.418 e. The van der Waals surface area contributed by atoms with Crippen LogP contribution in [0.3, 0.4) is 0 Å². The van der Waals surface area contributed by atoms with Crippen LogP contribution in [-0.2, 0) is 16.3 Å². The van der Waals surface area contributed by atoms with Crippen LogP contribution < -0.4 is 11.4 Å². The van der Waals surface area contributed by atoms with E-state index in [0.717, 1.165) is 10.7 Å². The molecule has 4 heterocycles. The number of nitrogens with two attached hydrogens (primary N) is 1. The highest BCUT2D eigenvalue weighted by molar-refractivity contribution is 5.81. The number of hydrogen-bond acceptors (Lipinski definition) is 6. The van der Waals surface area contributed by atoms with Crippen molar-refractivity contribution in [2.75, 3.05) is 12.4 Å². The second kappa shape index (κ2) is 7.90. The molecular weight excluding hydrogens is 516 g/mol. The number of pyridine rings is 2. The molecule has 202 valence electrons. The van der Waals surface area contributed by atoms with E-state index in [4.69, 9.17) is 10.6 Å². The number of alkyl halides is 6. The van der Waals surface area contributed by atoms with E-state index in [2.05, 4.69) is 15.0 Å². The van der Waals surface area contributed by atoms with Crippen LogP contribution in [-0.4, -0.2) is 32.4 Å². The summed E-state index contributed by atoms with van der Waals surface area (Å²) >= 11 is 0. The number of hydrogen-bond donors (Lipinski definition) is 1. The van der Waals surface area contributed by atoms with E-state index in [0.29, 0.717) is 30.8 Å². The molecule has 7 rings (SSSR count). The molecule has 4 fully saturated rings. The van der Waals surface area contributed by atoms with Crippen molar-refractivity contribution in [3.63, 3.8) is 0 Å². The minimum absolute atomic E-state index is 0.0415. The maximum atomic E-state index is 13.7. The molecule has 0 aromatic carbocycles. The van der Waals surface area contributed by atoms with Crippen molar-refractivity contribution in [3.05, 3.63) is 63.1 Å². The first-order valence-corrected chi connectivity index (χ1v) is 12.1. The number of aryl methyl sites for hydroxylation is 1. The number of rotatable bonds is 3. The monoisotopic (exact) mass is 539 g/mol. The molecule has 0 radical (unpaired) electrons. The first kappa shape index (κ1) is 25.1. The molecule has 38 heavy (non-hydrogen) atoms. The zero-order chi connectivity index (χ0) is 27.3. The second-order valence-electron chi connectivity index (χ2n) is 10.8. The molecule has 3 saturated carbocycles. The standard InChI is InChI=1S/C25H23F6N5O2/c1-12-16(24(26,27)28)7-15-19(22-9-23(10-22,11-22)25(29,30)31)34-20(35-21(15)33-12)13-4-5-38-17(6-13)14-2-3-18(37)36(32)8-14/h2-3,7-8,13,17H,4-6,9-11,32H2,1H3. The van der Waals surface area contributed by atoms with E-state index >= 15 is 0 Å². The summed E-state index contributed by atoms with van der Waals surface area (Å²) in [6.07, 6.45) is -7.77. The zero-order valence-corrected chi connectivity index (χ0v) is 20.2. The zero-order valence-electron chi connectivity index (χ0n) is 20.2. The molecule has 2 bridgehead atoms. The van der Waals surface area contributed by atoms with Crippen molar-refractivity contribution in [2.24, 2.45) is 5.41 Å². The van der Waals surface area contributed by atoms with Gasteiger partial charge in [-0.3, -0.25) is 4.79 Å². The fourth-order valence-electron chi connectivity index (χ4n) is 6.35. The summed E-state index contributed by atoms with van der Waals surface area (Å²) in [5, 5.41) is 0.0426. The Labute approximate surface area is 212 Å². The lowest BCUT2D eigenvalue weighted by atomic mass is 9.33. The van der Waals surface area contributed by atoms with Crippen molar-refractivity contribution in [2.45, 2.75) is 68.8 Å². The first-order chi connectivity index (χ1) is 17.7. The summed E-state index contributed by atoms with van der Waals surface area (Å²) in [6.45, 7) is 1.55. The van der Waals surface area contributed by atoms with Gasteiger partial charge in [0.15, 0.2) is 5.65 Å². The van der Waals surface area contributed by atoms with Crippen molar-refractivity contribution in [3.8, 4) is 0 Å². The molecule has 2 atom stereocenters. The van der Waals surface area contributed by atoms with Crippen molar-refractivity contribution < 1.29 is 31.1 Å². The Morgan fingerprint density at radius 3 is 2.42 bits per heavy atom. The predicted octanol–water partition coefficient (Wildman–Crippen LogP) is 4.85. The van der Waals surface area contributed by atoms with E-state index in [1.165, 1.54) is 19.2 Å².